The highest BCUT2D eigenvalue weighted by molar-refractivity contribution is 5.75. The fraction of sp³-hybridized carbons (Fsp3) is 0.529. The Balaban J connectivity index is 1.52. The van der Waals surface area contributed by atoms with Crippen LogP contribution in [0.3, 0.4) is 0 Å². The lowest BCUT2D eigenvalue weighted by Crippen LogP contribution is -2.56. The Morgan fingerprint density at radius 3 is 3.00 bits per heavy atom. The van der Waals surface area contributed by atoms with Crippen LogP contribution < -0.4 is 5.32 Å². The Labute approximate surface area is 136 Å². The quantitative estimate of drug-likeness (QED) is 0.913. The molecule has 1 saturated heterocycles. The molecule has 6 heteroatoms. The van der Waals surface area contributed by atoms with Gasteiger partial charge in [0.2, 0.25) is 0 Å². The van der Waals surface area contributed by atoms with E-state index in [9.17, 15) is 4.79 Å². The monoisotopic (exact) mass is 316 g/mol. The first kappa shape index (κ1) is 15.8. The van der Waals surface area contributed by atoms with Crippen LogP contribution in [0.2, 0.25) is 0 Å². The molecule has 0 saturated carbocycles. The smallest absolute Gasteiger partial charge is 0.317 e. The highest BCUT2D eigenvalue weighted by Gasteiger charge is 2.33. The van der Waals surface area contributed by atoms with E-state index in [1.165, 1.54) is 0 Å². The van der Waals surface area contributed by atoms with Gasteiger partial charge in [0.05, 0.1) is 29.3 Å². The van der Waals surface area contributed by atoms with Gasteiger partial charge < -0.3 is 19.9 Å². The van der Waals surface area contributed by atoms with Crippen LogP contribution in [0.15, 0.2) is 24.3 Å². The molecule has 3 rings (SSSR count). The zero-order valence-electron chi connectivity index (χ0n) is 13.9. The average Bonchev–Trinajstić information content (AvgIpc) is 2.87. The van der Waals surface area contributed by atoms with Gasteiger partial charge in [0, 0.05) is 19.5 Å². The molecule has 2 aromatic rings. The van der Waals surface area contributed by atoms with Crippen molar-refractivity contribution in [2.75, 3.05) is 19.6 Å². The molecule has 2 heterocycles. The summed E-state index contributed by atoms with van der Waals surface area (Å²) in [6.45, 7) is 7.81. The molecule has 23 heavy (non-hydrogen) atoms. The standard InChI is InChI=1S/C17H24N4O2/c1-12-10-21(11-17(2,3)23-12)16(22)18-9-8-15-19-13-6-4-5-7-14(13)20-15/h4-7,12H,8-11H2,1-3H3,(H,18,22)(H,19,20). The second kappa shape index (κ2) is 6.20. The molecule has 2 amide bonds. The maximum atomic E-state index is 12.3. The molecule has 1 unspecified atom stereocenters. The second-order valence-electron chi connectivity index (χ2n) is 6.75. The molecule has 124 valence electrons. The number of carbonyl (C=O) groups excluding carboxylic acids is 1. The molecule has 0 radical (unpaired) electrons. The van der Waals surface area contributed by atoms with Crippen LogP contribution in [-0.4, -0.2) is 52.2 Å². The Morgan fingerprint density at radius 2 is 2.26 bits per heavy atom. The number of benzene rings is 1. The molecule has 0 bridgehead atoms. The number of amides is 2. The summed E-state index contributed by atoms with van der Waals surface area (Å²) in [6.07, 6.45) is 0.740. The molecule has 6 nitrogen and oxygen atoms in total. The lowest BCUT2D eigenvalue weighted by Gasteiger charge is -2.41. The van der Waals surface area contributed by atoms with Gasteiger partial charge in [-0.1, -0.05) is 12.1 Å². The summed E-state index contributed by atoms with van der Waals surface area (Å²) >= 11 is 0. The van der Waals surface area contributed by atoms with Gasteiger partial charge in [0.25, 0.3) is 0 Å². The van der Waals surface area contributed by atoms with Gasteiger partial charge in [-0.25, -0.2) is 9.78 Å². The van der Waals surface area contributed by atoms with Crippen molar-refractivity contribution in [3.8, 4) is 0 Å². The summed E-state index contributed by atoms with van der Waals surface area (Å²) in [5.41, 5.74) is 1.68. The van der Waals surface area contributed by atoms with Crippen LogP contribution >= 0.6 is 0 Å². The fourth-order valence-electron chi connectivity index (χ4n) is 3.13. The number of para-hydroxylation sites is 2. The van der Waals surface area contributed by atoms with Gasteiger partial charge in [-0.15, -0.1) is 0 Å². The van der Waals surface area contributed by atoms with E-state index in [1.807, 2.05) is 49.9 Å². The van der Waals surface area contributed by atoms with Crippen molar-refractivity contribution in [1.29, 1.82) is 0 Å². The average molecular weight is 316 g/mol. The molecule has 1 aromatic heterocycles. The van der Waals surface area contributed by atoms with Crippen LogP contribution in [0.1, 0.15) is 26.6 Å². The van der Waals surface area contributed by atoms with Gasteiger partial charge >= 0.3 is 6.03 Å². The van der Waals surface area contributed by atoms with Crippen molar-refractivity contribution in [2.24, 2.45) is 0 Å². The van der Waals surface area contributed by atoms with Crippen molar-refractivity contribution >= 4 is 17.1 Å². The lowest BCUT2D eigenvalue weighted by atomic mass is 10.1. The van der Waals surface area contributed by atoms with E-state index in [0.29, 0.717) is 26.1 Å². The molecule has 1 fully saturated rings. The molecular formula is C17H24N4O2. The van der Waals surface area contributed by atoms with E-state index >= 15 is 0 Å². The van der Waals surface area contributed by atoms with Crippen LogP contribution in [0.4, 0.5) is 4.79 Å². The summed E-state index contributed by atoms with van der Waals surface area (Å²) in [5.74, 6) is 0.891. The number of nitrogens with one attached hydrogen (secondary N) is 2. The van der Waals surface area contributed by atoms with Crippen LogP contribution in [-0.2, 0) is 11.2 Å². The Morgan fingerprint density at radius 1 is 1.48 bits per heavy atom. The minimum Gasteiger partial charge on any atom is -0.369 e. The summed E-state index contributed by atoms with van der Waals surface area (Å²) in [5, 5.41) is 2.97. The van der Waals surface area contributed by atoms with E-state index < -0.39 is 0 Å². The zero-order chi connectivity index (χ0) is 16.4. The van der Waals surface area contributed by atoms with E-state index in [0.717, 1.165) is 16.9 Å². The van der Waals surface area contributed by atoms with Crippen LogP contribution in [0.5, 0.6) is 0 Å². The summed E-state index contributed by atoms with van der Waals surface area (Å²) in [4.78, 5) is 21.9. The molecule has 1 atom stereocenters. The minimum atomic E-state index is -0.298. The molecule has 1 aliphatic rings. The van der Waals surface area contributed by atoms with Crippen LogP contribution in [0.25, 0.3) is 11.0 Å². The largest absolute Gasteiger partial charge is 0.369 e. The lowest BCUT2D eigenvalue weighted by molar-refractivity contribution is -0.117. The zero-order valence-corrected chi connectivity index (χ0v) is 13.9. The molecule has 1 aliphatic heterocycles. The van der Waals surface area contributed by atoms with Gasteiger partial charge in [0.1, 0.15) is 5.82 Å². The molecule has 2 N–H and O–H groups in total. The number of imidazole rings is 1. The molecule has 0 aliphatic carbocycles. The van der Waals surface area contributed by atoms with Gasteiger partial charge in [-0.05, 0) is 32.9 Å². The number of aromatic nitrogens is 2. The van der Waals surface area contributed by atoms with E-state index in [-0.39, 0.29) is 17.7 Å². The maximum Gasteiger partial charge on any atom is 0.317 e. The van der Waals surface area contributed by atoms with Crippen molar-refractivity contribution in [2.45, 2.75) is 38.9 Å². The van der Waals surface area contributed by atoms with E-state index in [2.05, 4.69) is 15.3 Å². The molecular weight excluding hydrogens is 292 g/mol. The van der Waals surface area contributed by atoms with Gasteiger partial charge in [-0.3, -0.25) is 0 Å². The fourth-order valence-corrected chi connectivity index (χ4v) is 3.13. The number of nitrogens with zero attached hydrogens (tertiary/aromatic N) is 2. The first-order valence-corrected chi connectivity index (χ1v) is 8.07. The second-order valence-corrected chi connectivity index (χ2v) is 6.75. The predicted octanol–water partition coefficient (Wildman–Crippen LogP) is 2.31. The highest BCUT2D eigenvalue weighted by atomic mass is 16.5. The number of rotatable bonds is 3. The third-order valence-electron chi connectivity index (χ3n) is 3.93. The van der Waals surface area contributed by atoms with E-state index in [1.54, 1.807) is 0 Å². The van der Waals surface area contributed by atoms with Crippen molar-refractivity contribution in [1.82, 2.24) is 20.2 Å². The third-order valence-corrected chi connectivity index (χ3v) is 3.93. The molecule has 1 aromatic carbocycles. The van der Waals surface area contributed by atoms with Crippen LogP contribution in [0, 0.1) is 0 Å². The summed E-state index contributed by atoms with van der Waals surface area (Å²) in [6, 6.07) is 7.89. The first-order valence-electron chi connectivity index (χ1n) is 8.07. The minimum absolute atomic E-state index is 0.0377. The normalized spacial score (nSPS) is 20.7. The first-order chi connectivity index (χ1) is 10.9. The maximum absolute atomic E-state index is 12.3. The third kappa shape index (κ3) is 3.82. The summed E-state index contributed by atoms with van der Waals surface area (Å²) < 4.78 is 5.82. The Bertz CT molecular complexity index is 662. The SMILES string of the molecule is CC1CN(C(=O)NCCc2nc3ccccc3[nH]2)CC(C)(C)O1. The van der Waals surface area contributed by atoms with Crippen molar-refractivity contribution < 1.29 is 9.53 Å². The Kier molecular flexibility index (Phi) is 4.26. The number of fused-ring (bicyclic) bond motifs is 1. The number of aromatic amines is 1. The number of hydrogen-bond donors (Lipinski definition) is 2. The number of urea groups is 1. The Hall–Kier alpha value is -2.08. The number of morpholine rings is 1. The van der Waals surface area contributed by atoms with Gasteiger partial charge in [0.15, 0.2) is 0 Å². The van der Waals surface area contributed by atoms with Gasteiger partial charge in [-0.2, -0.15) is 0 Å². The number of hydrogen-bond acceptors (Lipinski definition) is 3. The van der Waals surface area contributed by atoms with Crippen molar-refractivity contribution in [3.05, 3.63) is 30.1 Å². The topological polar surface area (TPSA) is 70.2 Å². The van der Waals surface area contributed by atoms with E-state index in [4.69, 9.17) is 4.74 Å². The number of carbonyl (C=O) groups is 1. The highest BCUT2D eigenvalue weighted by Crippen LogP contribution is 2.20. The summed E-state index contributed by atoms with van der Waals surface area (Å²) in [7, 11) is 0. The number of ether oxygens (including phenoxy) is 1. The number of H-pyrrole nitrogens is 1. The predicted molar refractivity (Wildman–Crippen MR) is 89.4 cm³/mol. The van der Waals surface area contributed by atoms with Crippen molar-refractivity contribution in [3.63, 3.8) is 0 Å². The molecule has 0 spiro atoms.